The van der Waals surface area contributed by atoms with Crippen LogP contribution in [0.2, 0.25) is 0 Å². The molecule has 2 aliphatic carbocycles. The number of fused-ring (bicyclic) bond motifs is 1. The molecular weight excluding hydrogens is 206 g/mol. The van der Waals surface area contributed by atoms with E-state index in [0.29, 0.717) is 24.4 Å². The highest BCUT2D eigenvalue weighted by Gasteiger charge is 2.49. The minimum Gasteiger partial charge on any atom is -0.448 e. The Labute approximate surface area is 95.6 Å². The Kier molecular flexibility index (Phi) is 3.68. The lowest BCUT2D eigenvalue weighted by Gasteiger charge is -2.04. The van der Waals surface area contributed by atoms with Crippen molar-refractivity contribution in [2.24, 2.45) is 17.8 Å². The number of ether oxygens (including phenoxy) is 1. The number of hydrogen-bond acceptors (Lipinski definition) is 3. The monoisotopic (exact) mass is 223 g/mol. The van der Waals surface area contributed by atoms with Crippen molar-refractivity contribution in [3.05, 3.63) is 0 Å². The molecule has 0 spiro atoms. The molecule has 2 atom stereocenters. The van der Waals surface area contributed by atoms with E-state index in [-0.39, 0.29) is 0 Å². The summed E-state index contributed by atoms with van der Waals surface area (Å²) in [5, 5.41) is 0. The van der Waals surface area contributed by atoms with Crippen LogP contribution in [0.5, 0.6) is 0 Å². The predicted molar refractivity (Wildman–Crippen MR) is 58.2 cm³/mol. The molecule has 0 saturated heterocycles. The van der Waals surface area contributed by atoms with Crippen molar-refractivity contribution >= 4 is 6.09 Å². The molecule has 0 aromatic rings. The quantitative estimate of drug-likeness (QED) is 0.585. The molecule has 2 unspecified atom stereocenters. The van der Waals surface area contributed by atoms with Crippen molar-refractivity contribution in [3.8, 4) is 11.8 Å². The van der Waals surface area contributed by atoms with E-state index in [1.165, 1.54) is 7.11 Å². The van der Waals surface area contributed by atoms with Crippen LogP contribution >= 0.6 is 0 Å². The van der Waals surface area contributed by atoms with E-state index in [0.717, 1.165) is 25.7 Å². The van der Waals surface area contributed by atoms with Crippen LogP contribution in [0.15, 0.2) is 0 Å². The molecule has 0 aromatic heterocycles. The fraction of sp³-hybridized carbons (Fsp3) is 0.750. The number of nitrogens with one attached hydrogen (secondary N) is 1. The Morgan fingerprint density at radius 2 is 1.94 bits per heavy atom. The first-order chi connectivity index (χ1) is 7.83. The third-order valence-corrected chi connectivity index (χ3v) is 3.43. The van der Waals surface area contributed by atoms with Crippen LogP contribution in [0.3, 0.4) is 0 Å². The first-order valence-electron chi connectivity index (χ1n) is 5.74. The van der Waals surface area contributed by atoms with Crippen molar-refractivity contribution in [3.63, 3.8) is 0 Å². The zero-order valence-corrected chi connectivity index (χ0v) is 9.49. The van der Waals surface area contributed by atoms with Crippen molar-refractivity contribution < 1.29 is 14.4 Å². The average molecular weight is 223 g/mol. The summed E-state index contributed by atoms with van der Waals surface area (Å²) in [4.78, 5) is 15.5. The molecule has 1 N–H and O–H groups in total. The summed E-state index contributed by atoms with van der Waals surface area (Å²) in [6.45, 7) is 0.504. The second kappa shape index (κ2) is 5.22. The van der Waals surface area contributed by atoms with Crippen LogP contribution in [0, 0.1) is 29.6 Å². The number of hydrogen-bond donors (Lipinski definition) is 1. The second-order valence-electron chi connectivity index (χ2n) is 4.33. The number of carbonyl (C=O) groups is 1. The average Bonchev–Trinajstić information content (AvgIpc) is 2.86. The van der Waals surface area contributed by atoms with Gasteiger partial charge in [0, 0.05) is 12.8 Å². The molecule has 2 rings (SSSR count). The lowest BCUT2D eigenvalue weighted by atomic mass is 10.1. The maximum absolute atomic E-state index is 11.0. The largest absolute Gasteiger partial charge is 0.448 e. The topological polar surface area (TPSA) is 47.6 Å². The number of rotatable bonds is 3. The summed E-state index contributed by atoms with van der Waals surface area (Å²) in [5.41, 5.74) is 2.15. The SMILES string of the molecule is CONC(=O)OCC1C2CCC#CCCC21. The maximum Gasteiger partial charge on any atom is 0.431 e. The lowest BCUT2D eigenvalue weighted by Crippen LogP contribution is -2.23. The second-order valence-corrected chi connectivity index (χ2v) is 4.33. The molecule has 1 amide bonds. The van der Waals surface area contributed by atoms with Gasteiger partial charge in [-0.2, -0.15) is 5.48 Å². The molecule has 88 valence electrons. The Morgan fingerprint density at radius 3 is 2.50 bits per heavy atom. The summed E-state index contributed by atoms with van der Waals surface area (Å²) in [5.74, 6) is 8.28. The number of amides is 1. The van der Waals surface area contributed by atoms with Gasteiger partial charge in [0.1, 0.15) is 0 Å². The Balaban J connectivity index is 1.71. The highest BCUT2D eigenvalue weighted by molar-refractivity contribution is 5.65. The van der Waals surface area contributed by atoms with Gasteiger partial charge in [-0.25, -0.2) is 4.79 Å². The van der Waals surface area contributed by atoms with Gasteiger partial charge in [-0.05, 0) is 30.6 Å². The van der Waals surface area contributed by atoms with Crippen molar-refractivity contribution in [2.45, 2.75) is 25.7 Å². The van der Waals surface area contributed by atoms with Crippen molar-refractivity contribution in [1.29, 1.82) is 0 Å². The molecule has 0 bridgehead atoms. The fourth-order valence-corrected chi connectivity index (χ4v) is 2.57. The first kappa shape index (κ1) is 11.3. The number of hydroxylamine groups is 1. The third-order valence-electron chi connectivity index (χ3n) is 3.43. The molecule has 4 heteroatoms. The van der Waals surface area contributed by atoms with E-state index in [9.17, 15) is 4.79 Å². The normalized spacial score (nSPS) is 31.2. The molecule has 0 aromatic carbocycles. The summed E-state index contributed by atoms with van der Waals surface area (Å²) in [6.07, 6.45) is 3.78. The standard InChI is InChI=1S/C12H17NO3/c1-15-13-12(14)16-8-11-9-6-4-2-3-5-7-10(9)11/h9-11H,4-8H2,1H3,(H,13,14). The molecule has 1 saturated carbocycles. The number of carbonyl (C=O) groups excluding carboxylic acids is 1. The van der Waals surface area contributed by atoms with Gasteiger partial charge >= 0.3 is 6.09 Å². The molecule has 0 aliphatic heterocycles. The fourth-order valence-electron chi connectivity index (χ4n) is 2.57. The van der Waals surface area contributed by atoms with Gasteiger partial charge in [-0.3, -0.25) is 4.84 Å². The molecule has 1 fully saturated rings. The van der Waals surface area contributed by atoms with E-state index in [4.69, 9.17) is 4.74 Å². The Morgan fingerprint density at radius 1 is 1.31 bits per heavy atom. The molecule has 16 heavy (non-hydrogen) atoms. The molecule has 2 aliphatic rings. The lowest BCUT2D eigenvalue weighted by molar-refractivity contribution is 0.0552. The summed E-state index contributed by atoms with van der Waals surface area (Å²) >= 11 is 0. The third kappa shape index (κ3) is 2.67. The van der Waals surface area contributed by atoms with Crippen LogP contribution in [0.4, 0.5) is 4.79 Å². The van der Waals surface area contributed by atoms with Crippen LogP contribution in [-0.4, -0.2) is 19.8 Å². The van der Waals surface area contributed by atoms with Gasteiger partial charge in [0.2, 0.25) is 0 Å². The van der Waals surface area contributed by atoms with E-state index in [1.54, 1.807) is 0 Å². The van der Waals surface area contributed by atoms with E-state index >= 15 is 0 Å². The Bertz CT molecular complexity index is 300. The zero-order chi connectivity index (χ0) is 11.4. The highest BCUT2D eigenvalue weighted by Crippen LogP contribution is 2.52. The maximum atomic E-state index is 11.0. The van der Waals surface area contributed by atoms with Crippen LogP contribution in [0.1, 0.15) is 25.7 Å². The van der Waals surface area contributed by atoms with Crippen molar-refractivity contribution in [1.82, 2.24) is 5.48 Å². The first-order valence-corrected chi connectivity index (χ1v) is 5.74. The van der Waals surface area contributed by atoms with Crippen molar-refractivity contribution in [2.75, 3.05) is 13.7 Å². The zero-order valence-electron chi connectivity index (χ0n) is 9.49. The minimum atomic E-state index is -0.502. The summed E-state index contributed by atoms with van der Waals surface area (Å²) in [7, 11) is 1.39. The van der Waals surface area contributed by atoms with Gasteiger partial charge in [0.25, 0.3) is 0 Å². The van der Waals surface area contributed by atoms with Crippen LogP contribution in [0.25, 0.3) is 0 Å². The van der Waals surface area contributed by atoms with Crippen LogP contribution < -0.4 is 5.48 Å². The predicted octanol–water partition coefficient (Wildman–Crippen LogP) is 1.71. The van der Waals surface area contributed by atoms with Gasteiger partial charge in [0.15, 0.2) is 0 Å². The molecular formula is C12H17NO3. The van der Waals surface area contributed by atoms with Gasteiger partial charge in [0.05, 0.1) is 13.7 Å². The highest BCUT2D eigenvalue weighted by atomic mass is 16.7. The van der Waals surface area contributed by atoms with Gasteiger partial charge < -0.3 is 4.74 Å². The van der Waals surface area contributed by atoms with E-state index < -0.39 is 6.09 Å². The van der Waals surface area contributed by atoms with Crippen LogP contribution in [-0.2, 0) is 9.57 Å². The minimum absolute atomic E-state index is 0.502. The smallest absolute Gasteiger partial charge is 0.431 e. The Hall–Kier alpha value is -1.21. The van der Waals surface area contributed by atoms with Gasteiger partial charge in [-0.15, -0.1) is 11.8 Å². The van der Waals surface area contributed by atoms with Gasteiger partial charge in [-0.1, -0.05) is 0 Å². The van der Waals surface area contributed by atoms with E-state index in [1.807, 2.05) is 0 Å². The molecule has 0 radical (unpaired) electrons. The van der Waals surface area contributed by atoms with E-state index in [2.05, 4.69) is 22.2 Å². The summed E-state index contributed by atoms with van der Waals surface area (Å²) in [6, 6.07) is 0. The summed E-state index contributed by atoms with van der Waals surface area (Å²) < 4.78 is 5.06. The molecule has 4 nitrogen and oxygen atoms in total. The molecule has 0 heterocycles.